The fourth-order valence-corrected chi connectivity index (χ4v) is 2.11. The second-order valence-electron chi connectivity index (χ2n) is 4.97. The van der Waals surface area contributed by atoms with Gasteiger partial charge in [0.1, 0.15) is 11.5 Å². The second-order valence-corrected chi connectivity index (χ2v) is 4.97. The molecule has 1 aromatic carbocycles. The summed E-state index contributed by atoms with van der Waals surface area (Å²) >= 11 is 0. The molecule has 0 bridgehead atoms. The fourth-order valence-electron chi connectivity index (χ4n) is 2.11. The van der Waals surface area contributed by atoms with Crippen molar-refractivity contribution in [2.24, 2.45) is 0 Å². The Hall–Kier alpha value is -1.71. The summed E-state index contributed by atoms with van der Waals surface area (Å²) in [7, 11) is 0. The standard InChI is InChI=1S/C17H26O4/c1-3-5-6-7-13-21-16-10-8-9-15(18)14(16)11-12-17(19)20-4-2/h8-10,18H,3-7,11-13H2,1-2H3. The summed E-state index contributed by atoms with van der Waals surface area (Å²) in [5, 5.41) is 9.94. The highest BCUT2D eigenvalue weighted by Gasteiger charge is 2.12. The number of carbonyl (C=O) groups is 1. The van der Waals surface area contributed by atoms with Crippen LogP contribution in [-0.2, 0) is 16.0 Å². The lowest BCUT2D eigenvalue weighted by atomic mass is 10.1. The molecule has 0 radical (unpaired) electrons. The van der Waals surface area contributed by atoms with Crippen LogP contribution in [0.25, 0.3) is 0 Å². The minimum absolute atomic E-state index is 0.172. The minimum Gasteiger partial charge on any atom is -0.508 e. The highest BCUT2D eigenvalue weighted by molar-refractivity contribution is 5.70. The van der Waals surface area contributed by atoms with Crippen molar-refractivity contribution < 1.29 is 19.4 Å². The first-order chi connectivity index (χ1) is 10.2. The molecular weight excluding hydrogens is 268 g/mol. The van der Waals surface area contributed by atoms with Gasteiger partial charge in [-0.15, -0.1) is 0 Å². The highest BCUT2D eigenvalue weighted by Crippen LogP contribution is 2.29. The van der Waals surface area contributed by atoms with Crippen molar-refractivity contribution in [3.63, 3.8) is 0 Å². The first-order valence-corrected chi connectivity index (χ1v) is 7.78. The van der Waals surface area contributed by atoms with Crippen molar-refractivity contribution in [1.82, 2.24) is 0 Å². The largest absolute Gasteiger partial charge is 0.508 e. The van der Waals surface area contributed by atoms with Crippen molar-refractivity contribution in [3.05, 3.63) is 23.8 Å². The maximum absolute atomic E-state index is 11.4. The van der Waals surface area contributed by atoms with Crippen LogP contribution in [0.15, 0.2) is 18.2 Å². The Morgan fingerprint density at radius 2 is 2.00 bits per heavy atom. The van der Waals surface area contributed by atoms with E-state index in [0.29, 0.717) is 30.9 Å². The van der Waals surface area contributed by atoms with Gasteiger partial charge in [0.05, 0.1) is 13.2 Å². The SMILES string of the molecule is CCCCCCOc1cccc(O)c1CCC(=O)OCC. The number of hydrogen-bond donors (Lipinski definition) is 1. The Balaban J connectivity index is 2.54. The molecule has 0 fully saturated rings. The maximum Gasteiger partial charge on any atom is 0.306 e. The predicted octanol–water partition coefficient (Wildman–Crippen LogP) is 3.85. The van der Waals surface area contributed by atoms with Gasteiger partial charge in [-0.2, -0.15) is 0 Å². The highest BCUT2D eigenvalue weighted by atomic mass is 16.5. The Bertz CT molecular complexity index is 429. The van der Waals surface area contributed by atoms with Gasteiger partial charge in [-0.1, -0.05) is 32.3 Å². The molecule has 21 heavy (non-hydrogen) atoms. The molecule has 0 aliphatic rings. The average molecular weight is 294 g/mol. The normalized spacial score (nSPS) is 10.4. The molecule has 4 heteroatoms. The molecule has 1 aromatic rings. The third-order valence-electron chi connectivity index (χ3n) is 3.25. The molecule has 118 valence electrons. The van der Waals surface area contributed by atoms with Crippen LogP contribution in [0.5, 0.6) is 11.5 Å². The number of carbonyl (C=O) groups excluding carboxylic acids is 1. The molecule has 1 N–H and O–H groups in total. The van der Waals surface area contributed by atoms with E-state index in [2.05, 4.69) is 6.92 Å². The van der Waals surface area contributed by atoms with E-state index in [9.17, 15) is 9.90 Å². The Kier molecular flexibility index (Phi) is 8.32. The fraction of sp³-hybridized carbons (Fsp3) is 0.588. The smallest absolute Gasteiger partial charge is 0.306 e. The third-order valence-corrected chi connectivity index (χ3v) is 3.25. The predicted molar refractivity (Wildman–Crippen MR) is 82.7 cm³/mol. The van der Waals surface area contributed by atoms with Gasteiger partial charge in [0.25, 0.3) is 0 Å². The summed E-state index contributed by atoms with van der Waals surface area (Å²) in [6, 6.07) is 5.20. The molecule has 0 atom stereocenters. The van der Waals surface area contributed by atoms with E-state index in [1.54, 1.807) is 19.1 Å². The van der Waals surface area contributed by atoms with Crippen molar-refractivity contribution in [1.29, 1.82) is 0 Å². The van der Waals surface area contributed by atoms with E-state index in [0.717, 1.165) is 12.8 Å². The summed E-state index contributed by atoms with van der Waals surface area (Å²) in [6.45, 7) is 4.96. The third kappa shape index (κ3) is 6.52. The van der Waals surface area contributed by atoms with Gasteiger partial charge in [-0.25, -0.2) is 0 Å². The van der Waals surface area contributed by atoms with Crippen LogP contribution < -0.4 is 4.74 Å². The van der Waals surface area contributed by atoms with Gasteiger partial charge < -0.3 is 14.6 Å². The summed E-state index contributed by atoms with van der Waals surface area (Å²) in [6.07, 6.45) is 5.22. The molecule has 0 amide bonds. The van der Waals surface area contributed by atoms with Crippen molar-refractivity contribution in [2.45, 2.75) is 52.4 Å². The summed E-state index contributed by atoms with van der Waals surface area (Å²) < 4.78 is 10.7. The number of phenolic OH excluding ortho intramolecular Hbond substituents is 1. The molecule has 4 nitrogen and oxygen atoms in total. The zero-order chi connectivity index (χ0) is 15.5. The Labute approximate surface area is 127 Å². The molecule has 0 saturated carbocycles. The molecule has 0 unspecified atom stereocenters. The molecule has 0 heterocycles. The number of unbranched alkanes of at least 4 members (excludes halogenated alkanes) is 3. The molecule has 0 spiro atoms. The summed E-state index contributed by atoms with van der Waals surface area (Å²) in [5.41, 5.74) is 0.682. The van der Waals surface area contributed by atoms with Gasteiger partial charge in [-0.05, 0) is 31.9 Å². The van der Waals surface area contributed by atoms with Crippen LogP contribution in [0.1, 0.15) is 51.5 Å². The van der Waals surface area contributed by atoms with Gasteiger partial charge in [0.15, 0.2) is 0 Å². The van der Waals surface area contributed by atoms with Gasteiger partial charge in [0, 0.05) is 12.0 Å². The molecule has 0 aromatic heterocycles. The molecular formula is C17H26O4. The van der Waals surface area contributed by atoms with Crippen LogP contribution in [0.4, 0.5) is 0 Å². The second kappa shape index (κ2) is 10.1. The Morgan fingerprint density at radius 1 is 1.19 bits per heavy atom. The average Bonchev–Trinajstić information content (AvgIpc) is 2.46. The van der Waals surface area contributed by atoms with Crippen LogP contribution in [0, 0.1) is 0 Å². The van der Waals surface area contributed by atoms with Gasteiger partial charge in [0.2, 0.25) is 0 Å². The summed E-state index contributed by atoms with van der Waals surface area (Å²) in [5.74, 6) is 0.579. The van der Waals surface area contributed by atoms with E-state index >= 15 is 0 Å². The lowest BCUT2D eigenvalue weighted by Crippen LogP contribution is -2.07. The number of aromatic hydroxyl groups is 1. The van der Waals surface area contributed by atoms with Crippen molar-refractivity contribution in [3.8, 4) is 11.5 Å². The summed E-state index contributed by atoms with van der Waals surface area (Å²) in [4.78, 5) is 11.4. The number of hydrogen-bond acceptors (Lipinski definition) is 4. The first-order valence-electron chi connectivity index (χ1n) is 7.78. The van der Waals surface area contributed by atoms with Crippen LogP contribution in [-0.4, -0.2) is 24.3 Å². The number of phenols is 1. The zero-order valence-corrected chi connectivity index (χ0v) is 13.1. The maximum atomic E-state index is 11.4. The molecule has 0 aliphatic heterocycles. The molecule has 1 rings (SSSR count). The topological polar surface area (TPSA) is 55.8 Å². The number of rotatable bonds is 10. The Morgan fingerprint density at radius 3 is 2.71 bits per heavy atom. The van der Waals surface area contributed by atoms with E-state index in [4.69, 9.17) is 9.47 Å². The van der Waals surface area contributed by atoms with E-state index in [1.807, 2.05) is 6.07 Å². The van der Waals surface area contributed by atoms with E-state index in [1.165, 1.54) is 12.8 Å². The van der Waals surface area contributed by atoms with Gasteiger partial charge in [-0.3, -0.25) is 4.79 Å². The van der Waals surface area contributed by atoms with Crippen molar-refractivity contribution >= 4 is 5.97 Å². The van der Waals surface area contributed by atoms with Crippen LogP contribution in [0.3, 0.4) is 0 Å². The number of esters is 1. The minimum atomic E-state index is -0.255. The molecule has 0 aliphatic carbocycles. The van der Waals surface area contributed by atoms with Gasteiger partial charge >= 0.3 is 5.97 Å². The van der Waals surface area contributed by atoms with Crippen molar-refractivity contribution in [2.75, 3.05) is 13.2 Å². The lowest BCUT2D eigenvalue weighted by Gasteiger charge is -2.12. The zero-order valence-electron chi connectivity index (χ0n) is 13.1. The quantitative estimate of drug-likeness (QED) is 0.526. The molecule has 0 saturated heterocycles. The van der Waals surface area contributed by atoms with E-state index in [-0.39, 0.29) is 18.1 Å². The number of benzene rings is 1. The number of ether oxygens (including phenoxy) is 2. The van der Waals surface area contributed by atoms with Crippen LogP contribution in [0.2, 0.25) is 0 Å². The van der Waals surface area contributed by atoms with E-state index < -0.39 is 0 Å². The lowest BCUT2D eigenvalue weighted by molar-refractivity contribution is -0.143. The monoisotopic (exact) mass is 294 g/mol. The first kappa shape index (κ1) is 17.3. The van der Waals surface area contributed by atoms with Crippen LogP contribution >= 0.6 is 0 Å².